The van der Waals surface area contributed by atoms with Crippen LogP contribution in [0.3, 0.4) is 0 Å². The minimum atomic E-state index is -0.133. The van der Waals surface area contributed by atoms with Crippen molar-refractivity contribution in [2.24, 2.45) is 5.92 Å². The van der Waals surface area contributed by atoms with E-state index in [1.165, 1.54) is 193 Å². The van der Waals surface area contributed by atoms with E-state index in [1.807, 2.05) is 6.42 Å². The van der Waals surface area contributed by atoms with Crippen LogP contribution >= 0.6 is 0 Å². The molecule has 39 heavy (non-hydrogen) atoms. The van der Waals surface area contributed by atoms with Gasteiger partial charge in [0.1, 0.15) is 0 Å². The first-order valence-corrected chi connectivity index (χ1v) is 18.2. The molecule has 0 spiro atoms. The Bertz CT molecular complexity index is 460. The molecule has 0 heterocycles. The maximum atomic E-state index is 11.9. The Morgan fingerprint density at radius 1 is 0.436 bits per heavy atom. The minimum absolute atomic E-state index is 0.133. The third-order valence-corrected chi connectivity index (χ3v) is 8.68. The lowest BCUT2D eigenvalue weighted by Gasteiger charge is -2.15. The Kier molecular flexibility index (Phi) is 33.2. The Balaban J connectivity index is 3.58. The van der Waals surface area contributed by atoms with Crippen LogP contribution in [0.15, 0.2) is 0 Å². The fourth-order valence-corrected chi connectivity index (χ4v) is 5.95. The molecule has 0 N–H and O–H groups in total. The maximum absolute atomic E-state index is 11.9. The van der Waals surface area contributed by atoms with E-state index in [4.69, 9.17) is 4.74 Å². The third kappa shape index (κ3) is 31.9. The zero-order valence-corrected chi connectivity index (χ0v) is 27.4. The summed E-state index contributed by atoms with van der Waals surface area (Å²) in [5.41, 5.74) is 0. The summed E-state index contributed by atoms with van der Waals surface area (Å²) in [7, 11) is 1.51. The van der Waals surface area contributed by atoms with Gasteiger partial charge >= 0.3 is 5.97 Å². The van der Waals surface area contributed by atoms with Gasteiger partial charge in [0.05, 0.1) is 13.5 Å². The van der Waals surface area contributed by atoms with Crippen molar-refractivity contribution in [3.05, 3.63) is 6.42 Å². The molecule has 0 aromatic carbocycles. The van der Waals surface area contributed by atoms with Gasteiger partial charge in [0, 0.05) is 0 Å². The zero-order chi connectivity index (χ0) is 28.5. The molecule has 1 radical (unpaired) electrons. The van der Waals surface area contributed by atoms with E-state index in [9.17, 15) is 4.79 Å². The average molecular weight is 550 g/mol. The van der Waals surface area contributed by atoms with Gasteiger partial charge in [-0.3, -0.25) is 4.79 Å². The Labute approximate surface area is 247 Å². The quantitative estimate of drug-likeness (QED) is 0.0601. The van der Waals surface area contributed by atoms with Gasteiger partial charge in [-0.1, -0.05) is 200 Å². The smallest absolute Gasteiger partial charge is 0.309 e. The van der Waals surface area contributed by atoms with Crippen LogP contribution in [0.1, 0.15) is 213 Å². The van der Waals surface area contributed by atoms with Crippen molar-refractivity contribution in [3.63, 3.8) is 0 Å². The second kappa shape index (κ2) is 33.7. The highest BCUT2D eigenvalue weighted by atomic mass is 16.5. The fraction of sp³-hybridized carbons (Fsp3) is 0.946. The standard InChI is InChI=1S/C37H73O2/c1-4-6-8-10-12-14-16-18-20-22-24-26-28-30-32-34-36(35-37(38)39-3)33-31-29-27-25-23-21-19-17-15-13-11-9-7-5-2/h35-36H,4-34H2,1-3H3. The molecule has 0 fully saturated rings. The van der Waals surface area contributed by atoms with E-state index in [-0.39, 0.29) is 5.97 Å². The van der Waals surface area contributed by atoms with E-state index < -0.39 is 0 Å². The number of carbonyl (C=O) groups is 1. The molecule has 0 bridgehead atoms. The molecule has 0 aromatic rings. The van der Waals surface area contributed by atoms with Crippen LogP contribution in [0.5, 0.6) is 0 Å². The summed E-state index contributed by atoms with van der Waals surface area (Å²) >= 11 is 0. The molecule has 2 nitrogen and oxygen atoms in total. The van der Waals surface area contributed by atoms with Crippen LogP contribution in [0.25, 0.3) is 0 Å². The molecule has 0 amide bonds. The van der Waals surface area contributed by atoms with E-state index in [2.05, 4.69) is 13.8 Å². The lowest BCUT2D eigenvalue weighted by molar-refractivity contribution is -0.137. The monoisotopic (exact) mass is 550 g/mol. The van der Waals surface area contributed by atoms with Gasteiger partial charge in [0.15, 0.2) is 0 Å². The van der Waals surface area contributed by atoms with Crippen molar-refractivity contribution in [1.29, 1.82) is 0 Å². The SMILES string of the molecule is CCCCCCCCCCCCCCCCCC([CH]C(=O)OC)CCCCCCCCCCCCCCCC. The Hall–Kier alpha value is -0.530. The van der Waals surface area contributed by atoms with Gasteiger partial charge in [-0.05, 0) is 18.8 Å². The molecule has 0 saturated carbocycles. The third-order valence-electron chi connectivity index (χ3n) is 8.68. The van der Waals surface area contributed by atoms with Crippen LogP contribution in [0, 0.1) is 12.3 Å². The van der Waals surface area contributed by atoms with Gasteiger partial charge in [-0.2, -0.15) is 0 Å². The second-order valence-electron chi connectivity index (χ2n) is 12.6. The first kappa shape index (κ1) is 38.5. The summed E-state index contributed by atoms with van der Waals surface area (Å²) in [6, 6.07) is 0. The minimum Gasteiger partial charge on any atom is -0.469 e. The highest BCUT2D eigenvalue weighted by molar-refractivity contribution is 5.79. The van der Waals surface area contributed by atoms with Crippen molar-refractivity contribution in [2.45, 2.75) is 213 Å². The topological polar surface area (TPSA) is 26.3 Å². The first-order chi connectivity index (χ1) is 19.2. The fourth-order valence-electron chi connectivity index (χ4n) is 5.95. The Morgan fingerprint density at radius 2 is 0.667 bits per heavy atom. The molecule has 0 rings (SSSR count). The zero-order valence-electron chi connectivity index (χ0n) is 27.4. The number of unbranched alkanes of at least 4 members (excludes halogenated alkanes) is 27. The van der Waals surface area contributed by atoms with E-state index >= 15 is 0 Å². The predicted octanol–water partition coefficient (Wildman–Crippen LogP) is 13.1. The summed E-state index contributed by atoms with van der Waals surface area (Å²) in [6.45, 7) is 4.59. The van der Waals surface area contributed by atoms with Crippen LogP contribution in [0.4, 0.5) is 0 Å². The maximum Gasteiger partial charge on any atom is 0.309 e. The Morgan fingerprint density at radius 3 is 0.897 bits per heavy atom. The number of methoxy groups -OCH3 is 1. The van der Waals surface area contributed by atoms with E-state index in [1.54, 1.807) is 0 Å². The summed E-state index contributed by atoms with van der Waals surface area (Å²) < 4.78 is 4.94. The largest absolute Gasteiger partial charge is 0.469 e. The van der Waals surface area contributed by atoms with Gasteiger partial charge in [-0.15, -0.1) is 0 Å². The number of hydrogen-bond donors (Lipinski definition) is 0. The number of carbonyl (C=O) groups excluding carboxylic acids is 1. The predicted molar refractivity (Wildman–Crippen MR) is 174 cm³/mol. The molecule has 0 saturated heterocycles. The number of rotatable bonds is 33. The molecule has 0 aliphatic heterocycles. The molecule has 2 heteroatoms. The molecule has 233 valence electrons. The number of esters is 1. The van der Waals surface area contributed by atoms with E-state index in [0.717, 1.165) is 12.8 Å². The van der Waals surface area contributed by atoms with E-state index in [0.29, 0.717) is 5.92 Å². The van der Waals surface area contributed by atoms with Gasteiger partial charge < -0.3 is 4.74 Å². The molecule has 0 aliphatic rings. The molecular formula is C37H73O2. The normalized spacial score (nSPS) is 12.2. The molecule has 1 atom stereocenters. The van der Waals surface area contributed by atoms with Crippen molar-refractivity contribution >= 4 is 5.97 Å². The highest BCUT2D eigenvalue weighted by Gasteiger charge is 2.14. The summed E-state index contributed by atoms with van der Waals surface area (Å²) in [6.07, 6.45) is 44.8. The highest BCUT2D eigenvalue weighted by Crippen LogP contribution is 2.22. The van der Waals surface area contributed by atoms with Gasteiger partial charge in [0.2, 0.25) is 0 Å². The van der Waals surface area contributed by atoms with Gasteiger partial charge in [-0.25, -0.2) is 0 Å². The van der Waals surface area contributed by atoms with Crippen LogP contribution < -0.4 is 0 Å². The number of hydrogen-bond acceptors (Lipinski definition) is 2. The first-order valence-electron chi connectivity index (χ1n) is 18.2. The lowest BCUT2D eigenvalue weighted by Crippen LogP contribution is -2.11. The lowest BCUT2D eigenvalue weighted by atomic mass is 9.91. The summed E-state index contributed by atoms with van der Waals surface area (Å²) in [5.74, 6) is 0.281. The average Bonchev–Trinajstić information content (AvgIpc) is 2.94. The summed E-state index contributed by atoms with van der Waals surface area (Å²) in [4.78, 5) is 11.9. The van der Waals surface area contributed by atoms with Crippen molar-refractivity contribution in [1.82, 2.24) is 0 Å². The van der Waals surface area contributed by atoms with Gasteiger partial charge in [0.25, 0.3) is 0 Å². The summed E-state index contributed by atoms with van der Waals surface area (Å²) in [5, 5.41) is 0. The van der Waals surface area contributed by atoms with Crippen molar-refractivity contribution < 1.29 is 9.53 Å². The molecular weight excluding hydrogens is 476 g/mol. The second-order valence-corrected chi connectivity index (χ2v) is 12.6. The van der Waals surface area contributed by atoms with Crippen LogP contribution in [-0.2, 0) is 9.53 Å². The van der Waals surface area contributed by atoms with Crippen LogP contribution in [0.2, 0.25) is 0 Å². The van der Waals surface area contributed by atoms with Crippen molar-refractivity contribution in [2.75, 3.05) is 7.11 Å². The van der Waals surface area contributed by atoms with Crippen molar-refractivity contribution in [3.8, 4) is 0 Å². The molecule has 0 aliphatic carbocycles. The van der Waals surface area contributed by atoms with Crippen LogP contribution in [-0.4, -0.2) is 13.1 Å². The molecule has 1 unspecified atom stereocenters. The number of ether oxygens (including phenoxy) is 1. The molecule has 0 aromatic heterocycles.